The van der Waals surface area contributed by atoms with Gasteiger partial charge in [0.15, 0.2) is 0 Å². The Morgan fingerprint density at radius 2 is 1.82 bits per heavy atom. The summed E-state index contributed by atoms with van der Waals surface area (Å²) in [5.74, 6) is -1.06. The first kappa shape index (κ1) is 24.9. The molecule has 0 spiro atoms. The van der Waals surface area contributed by atoms with E-state index in [9.17, 15) is 14.7 Å². The minimum Gasteiger partial charge on any atom is -0.507 e. The lowest BCUT2D eigenvalue weighted by Gasteiger charge is -2.27. The molecule has 0 radical (unpaired) electrons. The number of aliphatic hydroxyl groups is 1. The maximum absolute atomic E-state index is 13.1. The van der Waals surface area contributed by atoms with Gasteiger partial charge in [0.1, 0.15) is 17.3 Å². The van der Waals surface area contributed by atoms with Gasteiger partial charge < -0.3 is 24.4 Å². The molecule has 0 saturated carbocycles. The number of methoxy groups -OCH3 is 1. The summed E-state index contributed by atoms with van der Waals surface area (Å²) in [6.07, 6.45) is 0. The maximum atomic E-state index is 13.1. The van der Waals surface area contributed by atoms with Gasteiger partial charge in [-0.1, -0.05) is 35.3 Å². The summed E-state index contributed by atoms with van der Waals surface area (Å²) >= 11 is 12.4. The molecule has 7 nitrogen and oxygen atoms in total. The van der Waals surface area contributed by atoms with Crippen LogP contribution in [0.3, 0.4) is 0 Å². The summed E-state index contributed by atoms with van der Waals surface area (Å²) in [6, 6.07) is 9.20. The van der Waals surface area contributed by atoms with Crippen molar-refractivity contribution in [2.75, 3.05) is 40.9 Å². The number of benzene rings is 2. The Morgan fingerprint density at radius 3 is 2.39 bits per heavy atom. The Kier molecular flexibility index (Phi) is 7.89. The van der Waals surface area contributed by atoms with Gasteiger partial charge in [-0.15, -0.1) is 0 Å². The van der Waals surface area contributed by atoms with Crippen LogP contribution in [0.4, 0.5) is 0 Å². The van der Waals surface area contributed by atoms with E-state index in [1.807, 2.05) is 25.9 Å². The number of Topliss-reactive ketones (excluding diaryl/α,β-unsaturated/α-hetero) is 1. The van der Waals surface area contributed by atoms with E-state index in [0.29, 0.717) is 31.0 Å². The number of amides is 1. The summed E-state index contributed by atoms with van der Waals surface area (Å²) in [6.45, 7) is 3.22. The van der Waals surface area contributed by atoms with Crippen molar-refractivity contribution in [1.82, 2.24) is 9.80 Å². The second-order valence-electron chi connectivity index (χ2n) is 7.77. The predicted molar refractivity (Wildman–Crippen MR) is 128 cm³/mol. The minimum absolute atomic E-state index is 0.0560. The van der Waals surface area contributed by atoms with Crippen LogP contribution in [0.1, 0.15) is 24.1 Å². The molecule has 1 aliphatic rings. The molecule has 1 heterocycles. The second kappa shape index (κ2) is 10.5. The molecule has 2 aromatic carbocycles. The molecule has 1 aliphatic heterocycles. The highest BCUT2D eigenvalue weighted by atomic mass is 35.5. The lowest BCUT2D eigenvalue weighted by atomic mass is 9.95. The molecule has 2 aromatic rings. The van der Waals surface area contributed by atoms with E-state index < -0.39 is 23.5 Å². The highest BCUT2D eigenvalue weighted by molar-refractivity contribution is 6.46. The average Bonchev–Trinajstić information content (AvgIpc) is 3.02. The van der Waals surface area contributed by atoms with Gasteiger partial charge in [0.25, 0.3) is 11.7 Å². The number of ether oxygens (including phenoxy) is 2. The third-order valence-electron chi connectivity index (χ3n) is 5.30. The normalized spacial score (nSPS) is 17.7. The van der Waals surface area contributed by atoms with E-state index >= 15 is 0 Å². The maximum Gasteiger partial charge on any atom is 0.295 e. The first-order valence-electron chi connectivity index (χ1n) is 10.4. The number of hydrogen-bond acceptors (Lipinski definition) is 6. The molecule has 0 aromatic heterocycles. The van der Waals surface area contributed by atoms with Gasteiger partial charge in [-0.25, -0.2) is 0 Å². The summed E-state index contributed by atoms with van der Waals surface area (Å²) in [4.78, 5) is 29.5. The smallest absolute Gasteiger partial charge is 0.295 e. The van der Waals surface area contributed by atoms with Crippen LogP contribution in [-0.2, 0) is 9.59 Å². The van der Waals surface area contributed by atoms with Crippen molar-refractivity contribution < 1.29 is 24.2 Å². The van der Waals surface area contributed by atoms with E-state index in [1.54, 1.807) is 24.3 Å². The molecule has 0 aliphatic carbocycles. The molecule has 3 rings (SSSR count). The third kappa shape index (κ3) is 5.11. The van der Waals surface area contributed by atoms with Crippen molar-refractivity contribution in [1.29, 1.82) is 0 Å². The van der Waals surface area contributed by atoms with Gasteiger partial charge in [-0.05, 0) is 50.8 Å². The van der Waals surface area contributed by atoms with Crippen LogP contribution >= 0.6 is 23.2 Å². The van der Waals surface area contributed by atoms with E-state index in [4.69, 9.17) is 32.7 Å². The minimum atomic E-state index is -0.803. The molecular weight excluding hydrogens is 467 g/mol. The van der Waals surface area contributed by atoms with Crippen LogP contribution in [0.15, 0.2) is 42.0 Å². The SMILES string of the molecule is CCOc1ccc(C2/C(=C(\O)c3cc(Cl)cc(Cl)c3OC)C(=O)C(=O)N2CCN(C)C)cc1. The van der Waals surface area contributed by atoms with Crippen LogP contribution in [0.5, 0.6) is 11.5 Å². The molecule has 1 unspecified atom stereocenters. The Morgan fingerprint density at radius 1 is 1.15 bits per heavy atom. The highest BCUT2D eigenvalue weighted by Crippen LogP contribution is 2.43. The topological polar surface area (TPSA) is 79.3 Å². The van der Waals surface area contributed by atoms with Crippen LogP contribution in [0.2, 0.25) is 10.0 Å². The fraction of sp³-hybridized carbons (Fsp3) is 0.333. The molecule has 1 fully saturated rings. The number of carbonyl (C=O) groups excluding carboxylic acids is 2. The summed E-state index contributed by atoms with van der Waals surface area (Å²) in [5, 5.41) is 11.7. The molecule has 1 N–H and O–H groups in total. The van der Waals surface area contributed by atoms with Crippen molar-refractivity contribution in [3.05, 3.63) is 63.1 Å². The highest BCUT2D eigenvalue weighted by Gasteiger charge is 2.46. The number of hydrogen-bond donors (Lipinski definition) is 1. The fourth-order valence-corrected chi connectivity index (χ4v) is 4.34. The lowest BCUT2D eigenvalue weighted by molar-refractivity contribution is -0.140. The van der Waals surface area contributed by atoms with Gasteiger partial charge in [-0.3, -0.25) is 9.59 Å². The first-order chi connectivity index (χ1) is 15.7. The third-order valence-corrected chi connectivity index (χ3v) is 5.80. The number of rotatable bonds is 8. The van der Waals surface area contributed by atoms with Crippen LogP contribution in [0.25, 0.3) is 5.76 Å². The van der Waals surface area contributed by atoms with Gasteiger partial charge >= 0.3 is 0 Å². The monoisotopic (exact) mass is 492 g/mol. The summed E-state index contributed by atoms with van der Waals surface area (Å²) in [5.41, 5.74) is 0.737. The Bertz CT molecular complexity index is 1080. The second-order valence-corrected chi connectivity index (χ2v) is 8.61. The number of carbonyl (C=O) groups is 2. The van der Waals surface area contributed by atoms with Gasteiger partial charge in [0.05, 0.1) is 35.9 Å². The number of nitrogens with zero attached hydrogens (tertiary/aromatic N) is 2. The predicted octanol–water partition coefficient (Wildman–Crippen LogP) is 4.38. The van der Waals surface area contributed by atoms with Crippen molar-refractivity contribution in [2.24, 2.45) is 0 Å². The summed E-state index contributed by atoms with van der Waals surface area (Å²) < 4.78 is 10.9. The van der Waals surface area contributed by atoms with Crippen LogP contribution < -0.4 is 9.47 Å². The Hall–Kier alpha value is -2.74. The van der Waals surface area contributed by atoms with Crippen molar-refractivity contribution >= 4 is 40.7 Å². The van der Waals surface area contributed by atoms with E-state index in [1.165, 1.54) is 24.1 Å². The molecule has 1 atom stereocenters. The molecule has 176 valence electrons. The largest absolute Gasteiger partial charge is 0.507 e. The zero-order chi connectivity index (χ0) is 24.3. The quantitative estimate of drug-likeness (QED) is 0.334. The van der Waals surface area contributed by atoms with E-state index in [2.05, 4.69) is 0 Å². The van der Waals surface area contributed by atoms with Crippen molar-refractivity contribution in [3.63, 3.8) is 0 Å². The van der Waals surface area contributed by atoms with Gasteiger partial charge in [0, 0.05) is 18.1 Å². The van der Waals surface area contributed by atoms with Crippen molar-refractivity contribution in [2.45, 2.75) is 13.0 Å². The Balaban J connectivity index is 2.20. The van der Waals surface area contributed by atoms with Crippen LogP contribution in [0, 0.1) is 0 Å². The number of ketones is 1. The zero-order valence-corrected chi connectivity index (χ0v) is 20.4. The van der Waals surface area contributed by atoms with E-state index in [0.717, 1.165) is 0 Å². The van der Waals surface area contributed by atoms with E-state index in [-0.39, 0.29) is 26.9 Å². The van der Waals surface area contributed by atoms with Crippen LogP contribution in [-0.4, -0.2) is 67.5 Å². The van der Waals surface area contributed by atoms with Gasteiger partial charge in [-0.2, -0.15) is 0 Å². The molecule has 33 heavy (non-hydrogen) atoms. The zero-order valence-electron chi connectivity index (χ0n) is 18.9. The molecule has 0 bridgehead atoms. The molecule has 9 heteroatoms. The molecule has 1 amide bonds. The number of aliphatic hydroxyl groups excluding tert-OH is 1. The fourth-order valence-electron chi connectivity index (χ4n) is 3.77. The van der Waals surface area contributed by atoms with Gasteiger partial charge in [0.2, 0.25) is 0 Å². The molecular formula is C24H26Cl2N2O5. The summed E-state index contributed by atoms with van der Waals surface area (Å²) in [7, 11) is 5.15. The lowest BCUT2D eigenvalue weighted by Crippen LogP contribution is -2.35. The van der Waals surface area contributed by atoms with Crippen molar-refractivity contribution in [3.8, 4) is 11.5 Å². The molecule has 1 saturated heterocycles. The number of likely N-dealkylation sites (tertiary alicyclic amines) is 1. The first-order valence-corrected chi connectivity index (χ1v) is 11.1. The Labute approximate surface area is 203 Å². The number of halogens is 2. The number of likely N-dealkylation sites (N-methyl/N-ethyl adjacent to an activating group) is 1. The standard InChI is InChI=1S/C24H26Cl2N2O5/c1-5-33-16-8-6-14(7-9-16)20-19(22(30)24(31)28(20)11-10-27(2)3)21(29)17-12-15(25)13-18(26)23(17)32-4/h6-9,12-13,20,29H,5,10-11H2,1-4H3/b21-19+. The average molecular weight is 493 g/mol.